The second-order valence-electron chi connectivity index (χ2n) is 6.15. The van der Waals surface area contributed by atoms with Crippen molar-refractivity contribution in [2.45, 2.75) is 46.1 Å². The number of nitrogens with zero attached hydrogens (tertiary/aromatic N) is 1. The molecule has 1 heterocycles. The van der Waals surface area contributed by atoms with Crippen LogP contribution in [0.2, 0.25) is 0 Å². The lowest BCUT2D eigenvalue weighted by Gasteiger charge is -2.45. The zero-order valence-corrected chi connectivity index (χ0v) is 11.4. The van der Waals surface area contributed by atoms with Crippen molar-refractivity contribution >= 4 is 17.3 Å². The number of thiocarbonyl (C=S) groups is 1. The Morgan fingerprint density at radius 1 is 1.25 bits per heavy atom. The molecule has 2 atom stereocenters. The Bertz CT molecular complexity index is 267. The molecule has 2 aliphatic rings. The van der Waals surface area contributed by atoms with Crippen molar-refractivity contribution in [3.63, 3.8) is 0 Å². The van der Waals surface area contributed by atoms with Gasteiger partial charge in [0.25, 0.3) is 0 Å². The minimum Gasteiger partial charge on any atom is -0.350 e. The van der Waals surface area contributed by atoms with E-state index in [2.05, 4.69) is 36.3 Å². The van der Waals surface area contributed by atoms with Crippen LogP contribution in [0.25, 0.3) is 0 Å². The predicted molar refractivity (Wildman–Crippen MR) is 71.0 cm³/mol. The van der Waals surface area contributed by atoms with Crippen LogP contribution < -0.4 is 10.6 Å². The van der Waals surface area contributed by atoms with Crippen molar-refractivity contribution in [1.29, 1.82) is 0 Å². The first-order valence-corrected chi connectivity index (χ1v) is 6.63. The highest BCUT2D eigenvalue weighted by molar-refractivity contribution is 7.80. The van der Waals surface area contributed by atoms with Crippen LogP contribution in [0.4, 0.5) is 0 Å². The van der Waals surface area contributed by atoms with Crippen LogP contribution in [0, 0.1) is 11.3 Å². The average Bonchev–Trinajstić information content (AvgIpc) is 2.15. The SMILES string of the molecule is CC1CC(N2CNC(=S)NC2)CC(C)(C)C1. The molecule has 0 aromatic rings. The second-order valence-corrected chi connectivity index (χ2v) is 6.56. The Balaban J connectivity index is 1.96. The number of hydrogen-bond donors (Lipinski definition) is 2. The molecule has 3 nitrogen and oxygen atoms in total. The second kappa shape index (κ2) is 4.49. The summed E-state index contributed by atoms with van der Waals surface area (Å²) >= 11 is 5.08. The lowest BCUT2D eigenvalue weighted by molar-refractivity contribution is 0.0579. The van der Waals surface area contributed by atoms with E-state index in [0.717, 1.165) is 24.4 Å². The third kappa shape index (κ3) is 2.86. The van der Waals surface area contributed by atoms with Gasteiger partial charge in [-0.25, -0.2) is 0 Å². The molecule has 0 spiro atoms. The lowest BCUT2D eigenvalue weighted by atomic mass is 9.70. The fourth-order valence-corrected chi connectivity index (χ4v) is 3.43. The number of rotatable bonds is 1. The molecular weight excluding hydrogens is 218 g/mol. The molecule has 0 radical (unpaired) electrons. The van der Waals surface area contributed by atoms with Crippen LogP contribution in [0.1, 0.15) is 40.0 Å². The predicted octanol–water partition coefficient (Wildman–Crippen LogP) is 1.90. The topological polar surface area (TPSA) is 27.3 Å². The van der Waals surface area contributed by atoms with Crippen LogP contribution >= 0.6 is 12.2 Å². The van der Waals surface area contributed by atoms with E-state index in [1.54, 1.807) is 0 Å². The van der Waals surface area contributed by atoms with Gasteiger partial charge in [0.05, 0.1) is 13.3 Å². The Morgan fingerprint density at radius 3 is 2.44 bits per heavy atom. The maximum atomic E-state index is 5.08. The summed E-state index contributed by atoms with van der Waals surface area (Å²) in [5, 5.41) is 7.23. The highest BCUT2D eigenvalue weighted by atomic mass is 32.1. The van der Waals surface area contributed by atoms with Crippen molar-refractivity contribution in [3.8, 4) is 0 Å². The van der Waals surface area contributed by atoms with Gasteiger partial charge in [-0.3, -0.25) is 4.90 Å². The smallest absolute Gasteiger partial charge is 0.168 e. The molecule has 2 fully saturated rings. The van der Waals surface area contributed by atoms with Crippen LogP contribution in [-0.4, -0.2) is 29.4 Å². The van der Waals surface area contributed by atoms with Crippen molar-refractivity contribution < 1.29 is 0 Å². The van der Waals surface area contributed by atoms with Crippen LogP contribution in [-0.2, 0) is 0 Å². The summed E-state index contributed by atoms with van der Waals surface area (Å²) in [4.78, 5) is 2.48. The van der Waals surface area contributed by atoms with Gasteiger partial charge in [0.15, 0.2) is 5.11 Å². The van der Waals surface area contributed by atoms with Gasteiger partial charge in [0.1, 0.15) is 0 Å². The zero-order chi connectivity index (χ0) is 11.8. The largest absolute Gasteiger partial charge is 0.350 e. The molecule has 4 heteroatoms. The summed E-state index contributed by atoms with van der Waals surface area (Å²) in [6, 6.07) is 0.696. The maximum Gasteiger partial charge on any atom is 0.168 e. The summed E-state index contributed by atoms with van der Waals surface area (Å²) in [7, 11) is 0. The molecule has 92 valence electrons. The summed E-state index contributed by atoms with van der Waals surface area (Å²) in [5.74, 6) is 0.836. The molecule has 0 amide bonds. The molecule has 1 saturated heterocycles. The first-order valence-electron chi connectivity index (χ1n) is 6.22. The van der Waals surface area contributed by atoms with Crippen molar-refractivity contribution in [2.75, 3.05) is 13.3 Å². The highest BCUT2D eigenvalue weighted by Gasteiger charge is 2.35. The molecule has 1 aliphatic heterocycles. The van der Waals surface area contributed by atoms with E-state index >= 15 is 0 Å². The minimum atomic E-state index is 0.486. The molecule has 16 heavy (non-hydrogen) atoms. The number of nitrogens with one attached hydrogen (secondary N) is 2. The van der Waals surface area contributed by atoms with E-state index in [4.69, 9.17) is 12.2 Å². The molecule has 0 aromatic carbocycles. The minimum absolute atomic E-state index is 0.486. The van der Waals surface area contributed by atoms with Gasteiger partial charge in [0.2, 0.25) is 0 Å². The molecular formula is C12H23N3S. The third-order valence-corrected chi connectivity index (χ3v) is 4.05. The van der Waals surface area contributed by atoms with E-state index in [1.807, 2.05) is 0 Å². The summed E-state index contributed by atoms with van der Waals surface area (Å²) in [6.07, 6.45) is 3.98. The summed E-state index contributed by atoms with van der Waals surface area (Å²) in [6.45, 7) is 8.97. The molecule has 1 aliphatic carbocycles. The van der Waals surface area contributed by atoms with Gasteiger partial charge in [-0.2, -0.15) is 0 Å². The Kier molecular flexibility index (Phi) is 3.40. The van der Waals surface area contributed by atoms with Crippen molar-refractivity contribution in [2.24, 2.45) is 11.3 Å². The van der Waals surface area contributed by atoms with Crippen molar-refractivity contribution in [1.82, 2.24) is 15.5 Å². The Hall–Kier alpha value is -0.350. The molecule has 1 saturated carbocycles. The van der Waals surface area contributed by atoms with Crippen LogP contribution in [0.5, 0.6) is 0 Å². The van der Waals surface area contributed by atoms with E-state index in [9.17, 15) is 0 Å². The Morgan fingerprint density at radius 2 is 1.88 bits per heavy atom. The summed E-state index contributed by atoms with van der Waals surface area (Å²) < 4.78 is 0. The molecule has 2 N–H and O–H groups in total. The summed E-state index contributed by atoms with van der Waals surface area (Å²) in [5.41, 5.74) is 0.486. The number of hydrogen-bond acceptors (Lipinski definition) is 2. The third-order valence-electron chi connectivity index (χ3n) is 3.77. The van der Waals surface area contributed by atoms with Gasteiger partial charge in [-0.05, 0) is 42.8 Å². The van der Waals surface area contributed by atoms with E-state index < -0.39 is 0 Å². The Labute approximate surface area is 104 Å². The van der Waals surface area contributed by atoms with Gasteiger partial charge in [-0.15, -0.1) is 0 Å². The van der Waals surface area contributed by atoms with Gasteiger partial charge >= 0.3 is 0 Å². The fourth-order valence-electron chi connectivity index (χ4n) is 3.30. The zero-order valence-electron chi connectivity index (χ0n) is 10.5. The highest BCUT2D eigenvalue weighted by Crippen LogP contribution is 2.40. The van der Waals surface area contributed by atoms with Gasteiger partial charge in [-0.1, -0.05) is 20.8 Å². The van der Waals surface area contributed by atoms with Gasteiger partial charge < -0.3 is 10.6 Å². The first kappa shape index (κ1) is 12.1. The molecule has 2 rings (SSSR count). The van der Waals surface area contributed by atoms with E-state index in [-0.39, 0.29) is 0 Å². The quantitative estimate of drug-likeness (QED) is 0.686. The monoisotopic (exact) mass is 241 g/mol. The molecule has 0 aromatic heterocycles. The fraction of sp³-hybridized carbons (Fsp3) is 0.917. The molecule has 0 bridgehead atoms. The van der Waals surface area contributed by atoms with Gasteiger partial charge in [0, 0.05) is 6.04 Å². The first-order chi connectivity index (χ1) is 7.46. The van der Waals surface area contributed by atoms with Crippen LogP contribution in [0.3, 0.4) is 0 Å². The van der Waals surface area contributed by atoms with Crippen molar-refractivity contribution in [3.05, 3.63) is 0 Å². The molecule has 2 unspecified atom stereocenters. The van der Waals surface area contributed by atoms with E-state index in [1.165, 1.54) is 19.3 Å². The van der Waals surface area contributed by atoms with E-state index in [0.29, 0.717) is 11.5 Å². The lowest BCUT2D eigenvalue weighted by Crippen LogP contribution is -2.58. The normalized spacial score (nSPS) is 35.3. The maximum absolute atomic E-state index is 5.08. The average molecular weight is 241 g/mol. The standard InChI is InChI=1S/C12H23N3S/c1-9-4-10(6-12(2,3)5-9)15-7-13-11(16)14-8-15/h9-10H,4-8H2,1-3H3,(H2,13,14,16). The van der Waals surface area contributed by atoms with Crippen LogP contribution in [0.15, 0.2) is 0 Å².